The summed E-state index contributed by atoms with van der Waals surface area (Å²) in [5.74, 6) is 0. The van der Waals surface area contributed by atoms with Gasteiger partial charge in [-0.3, -0.25) is 4.99 Å². The maximum Gasteiger partial charge on any atom is 0.262 e. The lowest BCUT2D eigenvalue weighted by molar-refractivity contribution is 0.186. The molecule has 0 N–H and O–H groups in total. The predicted molar refractivity (Wildman–Crippen MR) is 50.5 cm³/mol. The van der Waals surface area contributed by atoms with Crippen LogP contribution in [0.1, 0.15) is 27.7 Å². The van der Waals surface area contributed by atoms with Crippen LogP contribution >= 0.6 is 0 Å². The van der Waals surface area contributed by atoms with Crippen molar-refractivity contribution in [3.63, 3.8) is 0 Å². The average Bonchev–Trinajstić information content (AvgIpc) is 2.28. The fraction of sp³-hybridized carbons (Fsp3) is 0.700. The molecule has 1 aliphatic rings. The Morgan fingerprint density at radius 1 is 1.31 bits per heavy atom. The van der Waals surface area contributed by atoms with E-state index in [4.69, 9.17) is 0 Å². The molecule has 74 valence electrons. The number of aliphatic imine (C=N–C) groups is 1. The van der Waals surface area contributed by atoms with Gasteiger partial charge in [0, 0.05) is 11.3 Å². The summed E-state index contributed by atoms with van der Waals surface area (Å²) in [7, 11) is 0. The van der Waals surface area contributed by atoms with Crippen LogP contribution in [0.15, 0.2) is 16.1 Å². The van der Waals surface area contributed by atoms with Crippen LogP contribution in [0.2, 0.25) is 0 Å². The molecule has 0 saturated carbocycles. The van der Waals surface area contributed by atoms with Crippen LogP contribution < -0.4 is 0 Å². The Morgan fingerprint density at radius 2 is 1.85 bits per heavy atom. The van der Waals surface area contributed by atoms with Gasteiger partial charge in [-0.25, -0.2) is 8.78 Å². The molecule has 0 unspecified atom stereocenters. The van der Waals surface area contributed by atoms with Gasteiger partial charge in [0.1, 0.15) is 0 Å². The molecule has 0 saturated heterocycles. The van der Waals surface area contributed by atoms with Gasteiger partial charge in [-0.05, 0) is 17.9 Å². The lowest BCUT2D eigenvalue weighted by Crippen LogP contribution is -2.17. The van der Waals surface area contributed by atoms with E-state index in [2.05, 4.69) is 4.99 Å². The van der Waals surface area contributed by atoms with Crippen molar-refractivity contribution in [3.05, 3.63) is 11.1 Å². The van der Waals surface area contributed by atoms with Crippen molar-refractivity contribution in [2.75, 3.05) is 6.54 Å². The highest BCUT2D eigenvalue weighted by atomic mass is 19.3. The summed E-state index contributed by atoms with van der Waals surface area (Å²) >= 11 is 0. The molecule has 0 aromatic carbocycles. The molecule has 1 heterocycles. The second-order valence-corrected chi connectivity index (χ2v) is 4.35. The van der Waals surface area contributed by atoms with E-state index in [1.54, 1.807) is 6.92 Å². The highest BCUT2D eigenvalue weighted by molar-refractivity contribution is 6.02. The van der Waals surface area contributed by atoms with Gasteiger partial charge in [0.2, 0.25) is 0 Å². The molecule has 1 rings (SSSR count). The van der Waals surface area contributed by atoms with Crippen LogP contribution in [-0.2, 0) is 0 Å². The minimum Gasteiger partial charge on any atom is -0.285 e. The normalized spacial score (nSPS) is 18.5. The van der Waals surface area contributed by atoms with Crippen molar-refractivity contribution in [3.8, 4) is 0 Å². The number of hydrogen-bond acceptors (Lipinski definition) is 1. The van der Waals surface area contributed by atoms with Crippen LogP contribution in [0, 0.1) is 5.41 Å². The molecule has 0 amide bonds. The number of nitrogens with zero attached hydrogens (tertiary/aromatic N) is 1. The minimum atomic E-state index is -2.37. The largest absolute Gasteiger partial charge is 0.285 e. The van der Waals surface area contributed by atoms with Gasteiger partial charge >= 0.3 is 0 Å². The monoisotopic (exact) mass is 187 g/mol. The molecular weight excluding hydrogens is 172 g/mol. The van der Waals surface area contributed by atoms with Gasteiger partial charge in [0.25, 0.3) is 6.43 Å². The van der Waals surface area contributed by atoms with Crippen LogP contribution in [0.25, 0.3) is 0 Å². The summed E-state index contributed by atoms with van der Waals surface area (Å²) in [6.07, 6.45) is -2.37. The van der Waals surface area contributed by atoms with Crippen LogP contribution in [0.5, 0.6) is 0 Å². The van der Waals surface area contributed by atoms with Crippen molar-refractivity contribution >= 4 is 5.71 Å². The summed E-state index contributed by atoms with van der Waals surface area (Å²) < 4.78 is 25.1. The standard InChI is InChI=1S/C10H15F2N/c1-6-8(10(2,3)4)7(5-13-6)9(11)12/h9H,5H2,1-4H3. The van der Waals surface area contributed by atoms with Crippen LogP contribution in [0.3, 0.4) is 0 Å². The average molecular weight is 187 g/mol. The molecule has 0 radical (unpaired) electrons. The van der Waals surface area contributed by atoms with E-state index in [1.165, 1.54) is 0 Å². The number of alkyl halides is 2. The highest BCUT2D eigenvalue weighted by Gasteiger charge is 2.30. The Morgan fingerprint density at radius 3 is 2.15 bits per heavy atom. The molecule has 0 bridgehead atoms. The van der Waals surface area contributed by atoms with Crippen molar-refractivity contribution in [2.45, 2.75) is 34.1 Å². The number of allylic oxidation sites excluding steroid dienone is 1. The van der Waals surface area contributed by atoms with E-state index in [0.717, 1.165) is 11.3 Å². The van der Waals surface area contributed by atoms with Gasteiger partial charge in [0.05, 0.1) is 6.54 Å². The Bertz CT molecular complexity index is 269. The summed E-state index contributed by atoms with van der Waals surface area (Å²) in [6, 6.07) is 0. The third-order valence-electron chi connectivity index (χ3n) is 2.18. The highest BCUT2D eigenvalue weighted by Crippen LogP contribution is 2.34. The van der Waals surface area contributed by atoms with E-state index < -0.39 is 6.43 Å². The fourth-order valence-corrected chi connectivity index (χ4v) is 1.80. The molecule has 0 atom stereocenters. The van der Waals surface area contributed by atoms with Gasteiger partial charge in [0.15, 0.2) is 0 Å². The molecule has 0 aromatic heterocycles. The first kappa shape index (κ1) is 10.4. The lowest BCUT2D eigenvalue weighted by Gasteiger charge is -2.22. The van der Waals surface area contributed by atoms with E-state index in [1.807, 2.05) is 20.8 Å². The fourth-order valence-electron chi connectivity index (χ4n) is 1.80. The maximum absolute atomic E-state index is 12.6. The Hall–Kier alpha value is -0.730. The number of hydrogen-bond donors (Lipinski definition) is 0. The summed E-state index contributed by atoms with van der Waals surface area (Å²) in [4.78, 5) is 4.05. The zero-order valence-electron chi connectivity index (χ0n) is 8.49. The topological polar surface area (TPSA) is 12.4 Å². The first-order valence-corrected chi connectivity index (χ1v) is 4.37. The first-order chi connectivity index (χ1) is 5.84. The van der Waals surface area contributed by atoms with Crippen molar-refractivity contribution in [2.24, 2.45) is 10.4 Å². The molecule has 0 aromatic rings. The van der Waals surface area contributed by atoms with Gasteiger partial charge in [-0.2, -0.15) is 0 Å². The van der Waals surface area contributed by atoms with Crippen LogP contribution in [0.4, 0.5) is 8.78 Å². The third-order valence-corrected chi connectivity index (χ3v) is 2.18. The quantitative estimate of drug-likeness (QED) is 0.598. The number of halogens is 2. The summed E-state index contributed by atoms with van der Waals surface area (Å²) in [5, 5.41) is 0. The molecule has 13 heavy (non-hydrogen) atoms. The van der Waals surface area contributed by atoms with Crippen molar-refractivity contribution < 1.29 is 8.78 Å². The molecule has 0 aliphatic carbocycles. The zero-order valence-corrected chi connectivity index (χ0v) is 8.49. The van der Waals surface area contributed by atoms with E-state index in [9.17, 15) is 8.78 Å². The van der Waals surface area contributed by atoms with Crippen molar-refractivity contribution in [1.29, 1.82) is 0 Å². The third kappa shape index (κ3) is 1.95. The molecule has 3 heteroatoms. The van der Waals surface area contributed by atoms with Gasteiger partial charge in [-0.15, -0.1) is 0 Å². The Balaban J connectivity index is 3.11. The second kappa shape index (κ2) is 3.20. The summed E-state index contributed by atoms with van der Waals surface area (Å²) in [6.45, 7) is 7.80. The maximum atomic E-state index is 12.6. The van der Waals surface area contributed by atoms with Gasteiger partial charge < -0.3 is 0 Å². The Labute approximate surface area is 77.6 Å². The lowest BCUT2D eigenvalue weighted by atomic mass is 9.82. The van der Waals surface area contributed by atoms with E-state index >= 15 is 0 Å². The second-order valence-electron chi connectivity index (χ2n) is 4.35. The molecule has 0 spiro atoms. The minimum absolute atomic E-state index is 0.177. The Kier molecular flexibility index (Phi) is 2.55. The van der Waals surface area contributed by atoms with Gasteiger partial charge in [-0.1, -0.05) is 20.8 Å². The molecule has 0 fully saturated rings. The first-order valence-electron chi connectivity index (χ1n) is 4.37. The number of rotatable bonds is 1. The van der Waals surface area contributed by atoms with E-state index in [0.29, 0.717) is 0 Å². The smallest absolute Gasteiger partial charge is 0.262 e. The summed E-state index contributed by atoms with van der Waals surface area (Å²) in [5.41, 5.74) is 1.48. The molecule has 1 aliphatic heterocycles. The predicted octanol–water partition coefficient (Wildman–Crippen LogP) is 3.07. The van der Waals surface area contributed by atoms with Crippen molar-refractivity contribution in [1.82, 2.24) is 0 Å². The SMILES string of the molecule is CC1=NCC(C(F)F)=C1C(C)(C)C. The van der Waals surface area contributed by atoms with E-state index in [-0.39, 0.29) is 17.5 Å². The molecular formula is C10H15F2N. The molecule has 1 nitrogen and oxygen atoms in total. The zero-order chi connectivity index (χ0) is 10.2. The van der Waals surface area contributed by atoms with Crippen LogP contribution in [-0.4, -0.2) is 18.7 Å².